The summed E-state index contributed by atoms with van der Waals surface area (Å²) in [5, 5.41) is 0. The fraction of sp³-hybridized carbons (Fsp3) is 0.280. The van der Waals surface area contributed by atoms with Crippen LogP contribution in [0.3, 0.4) is 0 Å². The number of rotatable bonds is 9. The van der Waals surface area contributed by atoms with Crippen LogP contribution in [0.15, 0.2) is 72.9 Å². The first-order valence-electron chi connectivity index (χ1n) is 10.6. The molecule has 30 heavy (non-hydrogen) atoms. The number of imidazole rings is 1. The van der Waals surface area contributed by atoms with Gasteiger partial charge in [0, 0.05) is 18.4 Å². The Morgan fingerprint density at radius 1 is 0.900 bits per heavy atom. The van der Waals surface area contributed by atoms with Crippen LogP contribution < -0.4 is 5.73 Å². The van der Waals surface area contributed by atoms with Crippen LogP contribution in [0.25, 0.3) is 16.7 Å². The molecule has 0 radical (unpaired) electrons. The first-order chi connectivity index (χ1) is 14.8. The summed E-state index contributed by atoms with van der Waals surface area (Å²) in [5.74, 6) is 1.05. The summed E-state index contributed by atoms with van der Waals surface area (Å²) in [6.07, 6.45) is 3.96. The molecule has 0 fully saturated rings. The molecule has 0 bridgehead atoms. The lowest BCUT2D eigenvalue weighted by Gasteiger charge is -2.23. The van der Waals surface area contributed by atoms with E-state index in [4.69, 9.17) is 10.7 Å². The SMILES string of the molecule is Cc1cccnc1CN(CCCCN)Cc1nc2ccccc2n1-c1ccccc1. The van der Waals surface area contributed by atoms with Crippen LogP contribution >= 0.6 is 0 Å². The zero-order valence-electron chi connectivity index (χ0n) is 17.5. The van der Waals surface area contributed by atoms with Crippen molar-refractivity contribution in [2.75, 3.05) is 13.1 Å². The lowest BCUT2D eigenvalue weighted by molar-refractivity contribution is 0.241. The average Bonchev–Trinajstić information content (AvgIpc) is 3.14. The molecule has 0 unspecified atom stereocenters. The second-order valence-electron chi connectivity index (χ2n) is 7.66. The van der Waals surface area contributed by atoms with Crippen molar-refractivity contribution in [3.05, 3.63) is 90.0 Å². The topological polar surface area (TPSA) is 60.0 Å². The van der Waals surface area contributed by atoms with Gasteiger partial charge in [-0.2, -0.15) is 0 Å². The Bertz CT molecular complexity index is 1090. The van der Waals surface area contributed by atoms with Gasteiger partial charge in [-0.1, -0.05) is 36.4 Å². The molecule has 0 aliphatic heterocycles. The van der Waals surface area contributed by atoms with Crippen LogP contribution in [0, 0.1) is 6.92 Å². The van der Waals surface area contributed by atoms with Crippen LogP contribution in [-0.2, 0) is 13.1 Å². The molecule has 2 aromatic heterocycles. The molecule has 0 spiro atoms. The van der Waals surface area contributed by atoms with Gasteiger partial charge < -0.3 is 5.73 Å². The predicted octanol–water partition coefficient (Wildman–Crippen LogP) is 4.47. The van der Waals surface area contributed by atoms with Crippen molar-refractivity contribution in [2.24, 2.45) is 5.73 Å². The Hall–Kier alpha value is -3.02. The summed E-state index contributed by atoms with van der Waals surface area (Å²) >= 11 is 0. The maximum Gasteiger partial charge on any atom is 0.128 e. The number of aromatic nitrogens is 3. The number of nitrogens with two attached hydrogens (primary N) is 1. The lowest BCUT2D eigenvalue weighted by atomic mass is 10.2. The van der Waals surface area contributed by atoms with Crippen molar-refractivity contribution in [1.82, 2.24) is 19.4 Å². The van der Waals surface area contributed by atoms with Gasteiger partial charge in [-0.05, 0) is 68.8 Å². The minimum absolute atomic E-state index is 0.721. The van der Waals surface area contributed by atoms with Crippen molar-refractivity contribution in [3.63, 3.8) is 0 Å². The summed E-state index contributed by atoms with van der Waals surface area (Å²) in [6, 6.07) is 22.9. The van der Waals surface area contributed by atoms with Crippen molar-refractivity contribution in [1.29, 1.82) is 0 Å². The Balaban J connectivity index is 1.69. The van der Waals surface area contributed by atoms with Crippen LogP contribution in [0.1, 0.15) is 29.9 Å². The van der Waals surface area contributed by atoms with Gasteiger partial charge in [-0.15, -0.1) is 0 Å². The number of hydrogen-bond donors (Lipinski definition) is 1. The highest BCUT2D eigenvalue weighted by Crippen LogP contribution is 2.23. The van der Waals surface area contributed by atoms with Gasteiger partial charge >= 0.3 is 0 Å². The van der Waals surface area contributed by atoms with E-state index in [1.807, 2.05) is 24.4 Å². The van der Waals surface area contributed by atoms with E-state index >= 15 is 0 Å². The molecule has 0 amide bonds. The van der Waals surface area contributed by atoms with E-state index in [2.05, 4.69) is 69.9 Å². The molecule has 4 rings (SSSR count). The third-order valence-corrected chi connectivity index (χ3v) is 5.43. The van der Waals surface area contributed by atoms with Crippen molar-refractivity contribution in [3.8, 4) is 5.69 Å². The Morgan fingerprint density at radius 3 is 2.50 bits per heavy atom. The minimum atomic E-state index is 0.721. The molecule has 0 aliphatic rings. The summed E-state index contributed by atoms with van der Waals surface area (Å²) in [5.41, 5.74) is 11.4. The number of aryl methyl sites for hydroxylation is 1. The van der Waals surface area contributed by atoms with E-state index in [9.17, 15) is 0 Å². The molecule has 2 N–H and O–H groups in total. The molecule has 0 aliphatic carbocycles. The van der Waals surface area contributed by atoms with E-state index in [0.717, 1.165) is 67.3 Å². The quantitative estimate of drug-likeness (QED) is 0.422. The van der Waals surface area contributed by atoms with Crippen molar-refractivity contribution < 1.29 is 0 Å². The number of pyridine rings is 1. The molecule has 154 valence electrons. The van der Waals surface area contributed by atoms with Crippen molar-refractivity contribution in [2.45, 2.75) is 32.9 Å². The number of fused-ring (bicyclic) bond motifs is 1. The fourth-order valence-electron chi connectivity index (χ4n) is 3.84. The van der Waals surface area contributed by atoms with Crippen LogP contribution in [0.5, 0.6) is 0 Å². The normalized spacial score (nSPS) is 11.4. The highest BCUT2D eigenvalue weighted by molar-refractivity contribution is 5.78. The fourth-order valence-corrected chi connectivity index (χ4v) is 3.84. The molecule has 4 aromatic rings. The highest BCUT2D eigenvalue weighted by atomic mass is 15.2. The van der Waals surface area contributed by atoms with Crippen LogP contribution in [0.4, 0.5) is 0 Å². The molecule has 0 saturated heterocycles. The van der Waals surface area contributed by atoms with Gasteiger partial charge in [-0.25, -0.2) is 4.98 Å². The molecular formula is C25H29N5. The first-order valence-corrected chi connectivity index (χ1v) is 10.6. The minimum Gasteiger partial charge on any atom is -0.330 e. The first kappa shape index (κ1) is 20.3. The standard InChI is InChI=1S/C25H29N5/c1-20-10-9-16-27-23(20)18-29(17-8-7-15-26)19-25-28-22-13-5-6-14-24(22)30(25)21-11-3-2-4-12-21/h2-6,9-14,16H,7-8,15,17-19,26H2,1H3. The van der Waals surface area contributed by atoms with Crippen molar-refractivity contribution >= 4 is 11.0 Å². The number of para-hydroxylation sites is 3. The molecular weight excluding hydrogens is 370 g/mol. The van der Waals surface area contributed by atoms with Gasteiger partial charge in [0.05, 0.1) is 23.3 Å². The lowest BCUT2D eigenvalue weighted by Crippen LogP contribution is -2.27. The smallest absolute Gasteiger partial charge is 0.128 e. The largest absolute Gasteiger partial charge is 0.330 e. The number of unbranched alkanes of at least 4 members (excludes halogenated alkanes) is 1. The number of benzene rings is 2. The van der Waals surface area contributed by atoms with E-state index < -0.39 is 0 Å². The summed E-state index contributed by atoms with van der Waals surface area (Å²) in [7, 11) is 0. The van der Waals surface area contributed by atoms with Crippen LogP contribution in [0.2, 0.25) is 0 Å². The summed E-state index contributed by atoms with van der Waals surface area (Å²) in [4.78, 5) is 12.1. The Morgan fingerprint density at radius 2 is 1.70 bits per heavy atom. The molecule has 2 aromatic carbocycles. The number of nitrogens with zero attached hydrogens (tertiary/aromatic N) is 4. The van der Waals surface area contributed by atoms with Gasteiger partial charge in [0.15, 0.2) is 0 Å². The van der Waals surface area contributed by atoms with Gasteiger partial charge in [0.2, 0.25) is 0 Å². The Kier molecular flexibility index (Phi) is 6.52. The predicted molar refractivity (Wildman–Crippen MR) is 122 cm³/mol. The average molecular weight is 400 g/mol. The van der Waals surface area contributed by atoms with Gasteiger partial charge in [0.25, 0.3) is 0 Å². The third-order valence-electron chi connectivity index (χ3n) is 5.43. The van der Waals surface area contributed by atoms with E-state index in [-0.39, 0.29) is 0 Å². The summed E-state index contributed by atoms with van der Waals surface area (Å²) in [6.45, 7) is 5.36. The highest BCUT2D eigenvalue weighted by Gasteiger charge is 2.17. The van der Waals surface area contributed by atoms with Crippen LogP contribution in [-0.4, -0.2) is 32.5 Å². The monoisotopic (exact) mass is 399 g/mol. The molecule has 0 atom stereocenters. The maximum absolute atomic E-state index is 5.75. The molecule has 5 nitrogen and oxygen atoms in total. The van der Waals surface area contributed by atoms with Gasteiger partial charge in [-0.3, -0.25) is 14.5 Å². The second kappa shape index (κ2) is 9.65. The zero-order valence-corrected chi connectivity index (χ0v) is 17.5. The molecule has 2 heterocycles. The van der Waals surface area contributed by atoms with Gasteiger partial charge in [0.1, 0.15) is 5.82 Å². The van der Waals surface area contributed by atoms with E-state index in [0.29, 0.717) is 0 Å². The number of hydrogen-bond acceptors (Lipinski definition) is 4. The van der Waals surface area contributed by atoms with E-state index in [1.54, 1.807) is 0 Å². The Labute approximate surface area is 178 Å². The molecule has 0 saturated carbocycles. The maximum atomic E-state index is 5.75. The molecule has 5 heteroatoms. The summed E-state index contributed by atoms with van der Waals surface area (Å²) < 4.78 is 2.27. The zero-order chi connectivity index (χ0) is 20.8. The second-order valence-corrected chi connectivity index (χ2v) is 7.66. The van der Waals surface area contributed by atoms with E-state index in [1.165, 1.54) is 5.56 Å². The third kappa shape index (κ3) is 4.58.